The van der Waals surface area contributed by atoms with Crippen LogP contribution in [0.25, 0.3) is 0 Å². The monoisotopic (exact) mass is 284 g/mol. The van der Waals surface area contributed by atoms with Crippen LogP contribution in [0.5, 0.6) is 0 Å². The first-order valence-corrected chi connectivity index (χ1v) is 6.44. The molecule has 1 aromatic rings. The lowest BCUT2D eigenvalue weighted by atomic mass is 10.1. The maximum absolute atomic E-state index is 13.7. The summed E-state index contributed by atoms with van der Waals surface area (Å²) >= 11 is 0. The van der Waals surface area contributed by atoms with Gasteiger partial charge in [-0.2, -0.15) is 0 Å². The summed E-state index contributed by atoms with van der Waals surface area (Å²) in [6.07, 6.45) is 0. The number of rotatable bonds is 7. The van der Waals surface area contributed by atoms with E-state index < -0.39 is 11.8 Å². The van der Waals surface area contributed by atoms with Crippen molar-refractivity contribution in [2.45, 2.75) is 13.8 Å². The zero-order chi connectivity index (χ0) is 15.1. The van der Waals surface area contributed by atoms with Crippen LogP contribution in [0, 0.1) is 11.7 Å². The topological polar surface area (TPSA) is 73.6 Å². The normalized spacial score (nSPS) is 10.7. The van der Waals surface area contributed by atoms with Gasteiger partial charge in [0.1, 0.15) is 5.82 Å². The molecule has 0 heterocycles. The molecule has 3 N–H and O–H groups in total. The SMILES string of the molecule is COC(=O)c1cc(NCCOCC(C)C)c(F)cc1N. The van der Waals surface area contributed by atoms with Crippen LogP contribution in [-0.2, 0) is 9.47 Å². The first-order valence-electron chi connectivity index (χ1n) is 6.44. The summed E-state index contributed by atoms with van der Waals surface area (Å²) in [5.74, 6) is -0.658. The van der Waals surface area contributed by atoms with Gasteiger partial charge in [0.25, 0.3) is 0 Å². The highest BCUT2D eigenvalue weighted by Gasteiger charge is 2.14. The fourth-order valence-electron chi connectivity index (χ4n) is 1.59. The number of nitrogen functional groups attached to an aromatic ring is 1. The molecule has 0 atom stereocenters. The summed E-state index contributed by atoms with van der Waals surface area (Å²) in [5, 5.41) is 2.87. The van der Waals surface area contributed by atoms with E-state index in [1.165, 1.54) is 13.2 Å². The van der Waals surface area contributed by atoms with Crippen molar-refractivity contribution in [3.8, 4) is 0 Å². The van der Waals surface area contributed by atoms with Crippen LogP contribution in [0.3, 0.4) is 0 Å². The summed E-state index contributed by atoms with van der Waals surface area (Å²) in [6.45, 7) is 5.65. The van der Waals surface area contributed by atoms with E-state index in [9.17, 15) is 9.18 Å². The van der Waals surface area contributed by atoms with Gasteiger partial charge in [-0.15, -0.1) is 0 Å². The molecule has 0 aliphatic heterocycles. The third-order valence-electron chi connectivity index (χ3n) is 2.56. The highest BCUT2D eigenvalue weighted by Crippen LogP contribution is 2.22. The predicted octanol–water partition coefficient (Wildman–Crippen LogP) is 2.28. The number of hydrogen-bond acceptors (Lipinski definition) is 5. The molecular formula is C14H21FN2O3. The first kappa shape index (κ1) is 16.2. The standard InChI is InChI=1S/C14H21FN2O3/c1-9(2)8-20-5-4-17-13-6-10(14(18)19-3)12(16)7-11(13)15/h6-7,9,17H,4-5,8,16H2,1-3H3. The molecule has 0 bridgehead atoms. The summed E-state index contributed by atoms with van der Waals surface area (Å²) in [5.41, 5.74) is 5.97. The second-order valence-corrected chi connectivity index (χ2v) is 4.81. The fraction of sp³-hybridized carbons (Fsp3) is 0.500. The van der Waals surface area contributed by atoms with E-state index in [4.69, 9.17) is 10.5 Å². The maximum atomic E-state index is 13.7. The van der Waals surface area contributed by atoms with Gasteiger partial charge in [0.2, 0.25) is 0 Å². The van der Waals surface area contributed by atoms with Gasteiger partial charge in [0, 0.05) is 18.8 Å². The van der Waals surface area contributed by atoms with Crippen molar-refractivity contribution < 1.29 is 18.7 Å². The molecule has 0 amide bonds. The first-order chi connectivity index (χ1) is 9.45. The Morgan fingerprint density at radius 1 is 1.45 bits per heavy atom. The molecule has 0 aliphatic carbocycles. The Morgan fingerprint density at radius 2 is 2.15 bits per heavy atom. The molecule has 0 aliphatic rings. The van der Waals surface area contributed by atoms with Crippen molar-refractivity contribution in [2.75, 3.05) is 37.9 Å². The van der Waals surface area contributed by atoms with E-state index in [1.54, 1.807) is 0 Å². The lowest BCUT2D eigenvalue weighted by Crippen LogP contribution is -2.14. The number of ether oxygens (including phenoxy) is 2. The predicted molar refractivity (Wildman–Crippen MR) is 76.3 cm³/mol. The highest BCUT2D eigenvalue weighted by atomic mass is 19.1. The molecule has 0 unspecified atom stereocenters. The molecule has 0 saturated heterocycles. The van der Waals surface area contributed by atoms with Crippen molar-refractivity contribution in [1.29, 1.82) is 0 Å². The Labute approximate surface area is 118 Å². The number of anilines is 2. The minimum atomic E-state index is -0.596. The van der Waals surface area contributed by atoms with Crippen LogP contribution in [-0.4, -0.2) is 32.8 Å². The van der Waals surface area contributed by atoms with E-state index in [-0.39, 0.29) is 16.9 Å². The summed E-state index contributed by atoms with van der Waals surface area (Å²) in [6, 6.07) is 2.45. The van der Waals surface area contributed by atoms with Gasteiger partial charge in [-0.05, 0) is 18.1 Å². The van der Waals surface area contributed by atoms with Crippen LogP contribution in [0.15, 0.2) is 12.1 Å². The molecule has 0 saturated carbocycles. The second-order valence-electron chi connectivity index (χ2n) is 4.81. The number of benzene rings is 1. The van der Waals surface area contributed by atoms with Crippen molar-refractivity contribution in [1.82, 2.24) is 0 Å². The van der Waals surface area contributed by atoms with Gasteiger partial charge in [-0.25, -0.2) is 9.18 Å². The van der Waals surface area contributed by atoms with Crippen LogP contribution < -0.4 is 11.1 Å². The third kappa shape index (κ3) is 4.70. The van der Waals surface area contributed by atoms with Crippen LogP contribution in [0.2, 0.25) is 0 Å². The summed E-state index contributed by atoms with van der Waals surface area (Å²) in [7, 11) is 1.25. The molecule has 1 aromatic carbocycles. The van der Waals surface area contributed by atoms with Gasteiger partial charge in [-0.3, -0.25) is 0 Å². The Balaban J connectivity index is 2.63. The molecule has 112 valence electrons. The van der Waals surface area contributed by atoms with E-state index in [0.29, 0.717) is 25.7 Å². The molecule has 0 fully saturated rings. The third-order valence-corrected chi connectivity index (χ3v) is 2.56. The molecule has 5 nitrogen and oxygen atoms in total. The molecule has 0 aromatic heterocycles. The lowest BCUT2D eigenvalue weighted by Gasteiger charge is -2.12. The molecule has 6 heteroatoms. The molecule has 20 heavy (non-hydrogen) atoms. The molecular weight excluding hydrogens is 263 g/mol. The van der Waals surface area contributed by atoms with Crippen molar-refractivity contribution in [3.05, 3.63) is 23.5 Å². The van der Waals surface area contributed by atoms with Gasteiger partial charge >= 0.3 is 5.97 Å². The van der Waals surface area contributed by atoms with Crippen LogP contribution in [0.1, 0.15) is 24.2 Å². The van der Waals surface area contributed by atoms with E-state index in [1.807, 2.05) is 0 Å². The van der Waals surface area contributed by atoms with Crippen molar-refractivity contribution >= 4 is 17.3 Å². The highest BCUT2D eigenvalue weighted by molar-refractivity contribution is 5.96. The zero-order valence-corrected chi connectivity index (χ0v) is 12.0. The molecule has 0 radical (unpaired) electrons. The number of halogens is 1. The quantitative estimate of drug-likeness (QED) is 0.456. The van der Waals surface area contributed by atoms with Gasteiger partial charge in [0.15, 0.2) is 0 Å². The van der Waals surface area contributed by atoms with Crippen LogP contribution in [0.4, 0.5) is 15.8 Å². The number of carbonyl (C=O) groups excluding carboxylic acids is 1. The number of carbonyl (C=O) groups is 1. The largest absolute Gasteiger partial charge is 0.465 e. The average molecular weight is 284 g/mol. The van der Waals surface area contributed by atoms with Crippen LogP contribution >= 0.6 is 0 Å². The smallest absolute Gasteiger partial charge is 0.340 e. The Morgan fingerprint density at radius 3 is 2.75 bits per heavy atom. The minimum Gasteiger partial charge on any atom is -0.465 e. The minimum absolute atomic E-state index is 0.0518. The Bertz CT molecular complexity index is 464. The van der Waals surface area contributed by atoms with E-state index in [2.05, 4.69) is 23.9 Å². The second kappa shape index (κ2) is 7.69. The molecule has 0 spiro atoms. The molecule has 1 rings (SSSR count). The van der Waals surface area contributed by atoms with Gasteiger partial charge in [0.05, 0.1) is 25.0 Å². The number of methoxy groups -OCH3 is 1. The van der Waals surface area contributed by atoms with Gasteiger partial charge in [-0.1, -0.05) is 13.8 Å². The Hall–Kier alpha value is -1.82. The summed E-state index contributed by atoms with van der Waals surface area (Å²) < 4.78 is 23.7. The average Bonchev–Trinajstić information content (AvgIpc) is 2.39. The Kier molecular flexibility index (Phi) is 6.24. The van der Waals surface area contributed by atoms with Crippen molar-refractivity contribution in [2.24, 2.45) is 5.92 Å². The number of esters is 1. The van der Waals surface area contributed by atoms with Crippen molar-refractivity contribution in [3.63, 3.8) is 0 Å². The summed E-state index contributed by atoms with van der Waals surface area (Å²) in [4.78, 5) is 11.5. The van der Waals surface area contributed by atoms with E-state index >= 15 is 0 Å². The lowest BCUT2D eigenvalue weighted by molar-refractivity contribution is 0.0602. The number of nitrogens with two attached hydrogens (primary N) is 1. The number of nitrogens with one attached hydrogen (secondary N) is 1. The van der Waals surface area contributed by atoms with E-state index in [0.717, 1.165) is 6.07 Å². The fourth-order valence-corrected chi connectivity index (χ4v) is 1.59. The maximum Gasteiger partial charge on any atom is 0.340 e. The zero-order valence-electron chi connectivity index (χ0n) is 12.0. The van der Waals surface area contributed by atoms with Gasteiger partial charge < -0.3 is 20.5 Å². The number of hydrogen-bond donors (Lipinski definition) is 2.